The molecule has 182 valence electrons. The number of hydrogen-bond acceptors (Lipinski definition) is 7. The van der Waals surface area contributed by atoms with Gasteiger partial charge >= 0.3 is 5.97 Å². The summed E-state index contributed by atoms with van der Waals surface area (Å²) in [4.78, 5) is 27.6. The molecule has 0 saturated carbocycles. The van der Waals surface area contributed by atoms with Crippen LogP contribution >= 0.6 is 0 Å². The SMILES string of the molecule is CCOC(=O)CN1CCN(c2ccc([N+](=O)[O-])c(NC(c3ccccc3)c3ccccc3)c2)CC1. The van der Waals surface area contributed by atoms with E-state index < -0.39 is 0 Å². The first-order valence-corrected chi connectivity index (χ1v) is 11.8. The van der Waals surface area contributed by atoms with Crippen molar-refractivity contribution in [3.63, 3.8) is 0 Å². The molecule has 8 nitrogen and oxygen atoms in total. The molecule has 0 atom stereocenters. The van der Waals surface area contributed by atoms with Gasteiger partial charge in [0.25, 0.3) is 5.69 Å². The molecular weight excluding hydrogens is 444 g/mol. The highest BCUT2D eigenvalue weighted by Gasteiger charge is 2.24. The van der Waals surface area contributed by atoms with Crippen LogP contribution in [0.1, 0.15) is 24.1 Å². The van der Waals surface area contributed by atoms with E-state index in [1.807, 2.05) is 66.7 Å². The molecule has 3 aromatic carbocycles. The molecule has 1 fully saturated rings. The average Bonchev–Trinajstić information content (AvgIpc) is 2.88. The minimum absolute atomic E-state index is 0.0339. The maximum Gasteiger partial charge on any atom is 0.320 e. The second kappa shape index (κ2) is 11.5. The first-order valence-electron chi connectivity index (χ1n) is 11.8. The van der Waals surface area contributed by atoms with Gasteiger partial charge in [-0.3, -0.25) is 19.8 Å². The Kier molecular flexibility index (Phi) is 7.95. The van der Waals surface area contributed by atoms with Crippen LogP contribution in [0.3, 0.4) is 0 Å². The van der Waals surface area contributed by atoms with Crippen LogP contribution in [0.15, 0.2) is 78.9 Å². The molecule has 1 saturated heterocycles. The zero-order valence-corrected chi connectivity index (χ0v) is 19.8. The van der Waals surface area contributed by atoms with E-state index in [-0.39, 0.29) is 29.2 Å². The van der Waals surface area contributed by atoms with Gasteiger partial charge in [-0.1, -0.05) is 60.7 Å². The van der Waals surface area contributed by atoms with E-state index in [9.17, 15) is 14.9 Å². The van der Waals surface area contributed by atoms with Crippen LogP contribution in [0.25, 0.3) is 0 Å². The van der Waals surface area contributed by atoms with Crippen LogP contribution in [0.4, 0.5) is 17.1 Å². The Labute approximate surface area is 205 Å². The van der Waals surface area contributed by atoms with E-state index in [0.29, 0.717) is 12.3 Å². The molecular formula is C27H30N4O4. The number of nitrogens with zero attached hydrogens (tertiary/aromatic N) is 3. The van der Waals surface area contributed by atoms with E-state index in [4.69, 9.17) is 4.74 Å². The number of benzene rings is 3. The molecule has 8 heteroatoms. The van der Waals surface area contributed by atoms with Gasteiger partial charge in [0, 0.05) is 37.9 Å². The second-order valence-corrected chi connectivity index (χ2v) is 8.43. The number of anilines is 2. The molecule has 1 aliphatic rings. The fourth-order valence-electron chi connectivity index (χ4n) is 4.35. The van der Waals surface area contributed by atoms with Crippen LogP contribution in [0, 0.1) is 10.1 Å². The molecule has 1 heterocycles. The van der Waals surface area contributed by atoms with E-state index in [0.717, 1.165) is 43.0 Å². The Hall–Kier alpha value is -3.91. The molecule has 0 amide bonds. The summed E-state index contributed by atoms with van der Waals surface area (Å²) in [5.41, 5.74) is 3.46. The molecule has 0 radical (unpaired) electrons. The Bertz CT molecular complexity index is 1090. The van der Waals surface area contributed by atoms with Crippen molar-refractivity contribution in [2.24, 2.45) is 0 Å². The quantitative estimate of drug-likeness (QED) is 0.278. The molecule has 1 N–H and O–H groups in total. The summed E-state index contributed by atoms with van der Waals surface area (Å²) in [5.74, 6) is -0.212. The highest BCUT2D eigenvalue weighted by Crippen LogP contribution is 2.35. The normalized spacial score (nSPS) is 14.1. The van der Waals surface area contributed by atoms with Crippen molar-refractivity contribution < 1.29 is 14.5 Å². The zero-order chi connectivity index (χ0) is 24.6. The van der Waals surface area contributed by atoms with Crippen molar-refractivity contribution in [3.8, 4) is 0 Å². The molecule has 3 aromatic rings. The van der Waals surface area contributed by atoms with E-state index in [1.165, 1.54) is 0 Å². The Balaban J connectivity index is 1.57. The molecule has 0 aromatic heterocycles. The average molecular weight is 475 g/mol. The number of nitro benzene ring substituents is 1. The van der Waals surface area contributed by atoms with Crippen molar-refractivity contribution >= 4 is 23.0 Å². The molecule has 0 unspecified atom stereocenters. The topological polar surface area (TPSA) is 88.0 Å². The standard InChI is InChI=1S/C27H30N4O4/c1-2-35-26(32)20-29-15-17-30(18-16-29)23-13-14-25(31(33)34)24(19-23)28-27(21-9-5-3-6-10-21)22-11-7-4-8-12-22/h3-14,19,27-28H,2,15-18,20H2,1H3. The Morgan fingerprint density at radius 2 is 1.57 bits per heavy atom. The fourth-order valence-corrected chi connectivity index (χ4v) is 4.35. The Morgan fingerprint density at radius 1 is 0.971 bits per heavy atom. The number of esters is 1. The number of nitrogens with one attached hydrogen (secondary N) is 1. The lowest BCUT2D eigenvalue weighted by atomic mass is 9.98. The minimum atomic E-state index is -0.351. The van der Waals surface area contributed by atoms with Gasteiger partial charge in [-0.25, -0.2) is 0 Å². The van der Waals surface area contributed by atoms with Crippen molar-refractivity contribution in [3.05, 3.63) is 100 Å². The van der Waals surface area contributed by atoms with Gasteiger partial charge in [0.05, 0.1) is 24.1 Å². The van der Waals surface area contributed by atoms with Gasteiger partial charge in [-0.2, -0.15) is 0 Å². The third-order valence-corrected chi connectivity index (χ3v) is 6.14. The lowest BCUT2D eigenvalue weighted by Crippen LogP contribution is -2.48. The summed E-state index contributed by atoms with van der Waals surface area (Å²) in [7, 11) is 0. The predicted octanol–water partition coefficient (Wildman–Crippen LogP) is 4.48. The van der Waals surface area contributed by atoms with Gasteiger partial charge in [0.1, 0.15) is 5.69 Å². The number of nitro groups is 1. The molecule has 4 rings (SSSR count). The van der Waals surface area contributed by atoms with Gasteiger partial charge in [0.15, 0.2) is 0 Å². The summed E-state index contributed by atoms with van der Waals surface area (Å²) in [6.45, 7) is 5.34. The monoisotopic (exact) mass is 474 g/mol. The first-order chi connectivity index (χ1) is 17.0. The minimum Gasteiger partial charge on any atom is -0.465 e. The summed E-state index contributed by atoms with van der Waals surface area (Å²) in [5, 5.41) is 15.3. The molecule has 35 heavy (non-hydrogen) atoms. The molecule has 0 aliphatic carbocycles. The highest BCUT2D eigenvalue weighted by atomic mass is 16.6. The summed E-state index contributed by atoms with van der Waals surface area (Å²) in [6.07, 6.45) is 0. The number of carbonyl (C=O) groups is 1. The lowest BCUT2D eigenvalue weighted by Gasteiger charge is -2.35. The van der Waals surface area contributed by atoms with Crippen LogP contribution in [-0.4, -0.2) is 55.1 Å². The van der Waals surface area contributed by atoms with Crippen LogP contribution in [-0.2, 0) is 9.53 Å². The zero-order valence-electron chi connectivity index (χ0n) is 19.8. The predicted molar refractivity (Wildman–Crippen MR) is 137 cm³/mol. The fraction of sp³-hybridized carbons (Fsp3) is 0.296. The summed E-state index contributed by atoms with van der Waals surface area (Å²) < 4.78 is 5.05. The molecule has 0 bridgehead atoms. The first kappa shape index (κ1) is 24.2. The number of hydrogen-bond donors (Lipinski definition) is 1. The molecule has 0 spiro atoms. The summed E-state index contributed by atoms with van der Waals surface area (Å²) in [6, 6.07) is 24.8. The summed E-state index contributed by atoms with van der Waals surface area (Å²) >= 11 is 0. The van der Waals surface area contributed by atoms with Crippen molar-refractivity contribution in [2.75, 3.05) is 49.5 Å². The largest absolute Gasteiger partial charge is 0.465 e. The third-order valence-electron chi connectivity index (χ3n) is 6.14. The van der Waals surface area contributed by atoms with Crippen LogP contribution in [0.2, 0.25) is 0 Å². The highest BCUT2D eigenvalue weighted by molar-refractivity contribution is 5.72. The molecule has 1 aliphatic heterocycles. The van der Waals surface area contributed by atoms with E-state index in [2.05, 4.69) is 15.1 Å². The van der Waals surface area contributed by atoms with Crippen LogP contribution in [0.5, 0.6) is 0 Å². The number of ether oxygens (including phenoxy) is 1. The van der Waals surface area contributed by atoms with Crippen molar-refractivity contribution in [1.82, 2.24) is 4.90 Å². The van der Waals surface area contributed by atoms with E-state index in [1.54, 1.807) is 19.1 Å². The van der Waals surface area contributed by atoms with Crippen molar-refractivity contribution in [2.45, 2.75) is 13.0 Å². The van der Waals surface area contributed by atoms with Crippen molar-refractivity contribution in [1.29, 1.82) is 0 Å². The second-order valence-electron chi connectivity index (χ2n) is 8.43. The van der Waals surface area contributed by atoms with Crippen LogP contribution < -0.4 is 10.2 Å². The van der Waals surface area contributed by atoms with Gasteiger partial charge in [-0.15, -0.1) is 0 Å². The number of piperazine rings is 1. The number of rotatable bonds is 9. The maximum absolute atomic E-state index is 11.9. The Morgan fingerprint density at radius 3 is 2.11 bits per heavy atom. The maximum atomic E-state index is 11.9. The number of carbonyl (C=O) groups excluding carboxylic acids is 1. The smallest absolute Gasteiger partial charge is 0.320 e. The van der Waals surface area contributed by atoms with Gasteiger partial charge in [-0.05, 0) is 30.2 Å². The lowest BCUT2D eigenvalue weighted by molar-refractivity contribution is -0.384. The van der Waals surface area contributed by atoms with Gasteiger partial charge in [0.2, 0.25) is 0 Å². The van der Waals surface area contributed by atoms with E-state index >= 15 is 0 Å². The third kappa shape index (κ3) is 6.16. The van der Waals surface area contributed by atoms with Gasteiger partial charge < -0.3 is 15.0 Å².